The summed E-state index contributed by atoms with van der Waals surface area (Å²) < 4.78 is 0. The number of rotatable bonds is 15. The van der Waals surface area contributed by atoms with E-state index in [-0.39, 0.29) is 35.9 Å². The van der Waals surface area contributed by atoms with Crippen LogP contribution in [-0.4, -0.2) is 208 Å². The Morgan fingerprint density at radius 1 is 0.370 bits per heavy atom. The third kappa shape index (κ3) is 32.7. The molecule has 0 unspecified atom stereocenters. The fourth-order valence-electron chi connectivity index (χ4n) is 1.85. The molecule has 15 N–H and O–H groups in total. The molecule has 0 aliphatic rings. The zero-order valence-electron chi connectivity index (χ0n) is 23.2. The van der Waals surface area contributed by atoms with E-state index < -0.39 is 112 Å². The van der Waals surface area contributed by atoms with Crippen molar-refractivity contribution in [2.45, 2.75) is 73.2 Å². The summed E-state index contributed by atoms with van der Waals surface area (Å²) in [5.74, 6) is 0. The van der Waals surface area contributed by atoms with E-state index in [2.05, 4.69) is 0 Å². The van der Waals surface area contributed by atoms with E-state index in [4.69, 9.17) is 106 Å². The summed E-state index contributed by atoms with van der Waals surface area (Å²) in [6, 6.07) is 0. The number of carbonyl (C=O) groups is 6. The van der Waals surface area contributed by atoms with Crippen LogP contribution in [0.2, 0.25) is 0 Å². The number of aliphatic hydroxyl groups is 15. The van der Waals surface area contributed by atoms with Crippen LogP contribution in [-0.2, 0) is 45.8 Å². The Morgan fingerprint density at radius 3 is 0.587 bits per heavy atom. The number of carbonyl (C=O) groups excluding carboxylic acids is 6. The molecular weight excluding hydrogens is 692 g/mol. The Bertz CT molecular complexity index is 614. The van der Waals surface area contributed by atoms with Gasteiger partial charge in [0.25, 0.3) is 0 Å². The van der Waals surface area contributed by atoms with Crippen molar-refractivity contribution in [2.24, 2.45) is 0 Å². The molecule has 0 aromatic rings. The first kappa shape index (κ1) is 58.8. The summed E-state index contributed by atoms with van der Waals surface area (Å²) in [6.45, 7) is -3.78. The smallest absolute Gasteiger partial charge is 0.554 e. The Kier molecular flexibility index (Phi) is 51.6. The van der Waals surface area contributed by atoms with E-state index in [0.29, 0.717) is 0 Å². The largest absolute Gasteiger partial charge is 3.00 e. The summed E-state index contributed by atoms with van der Waals surface area (Å²) in [5, 5.41) is 155. The van der Waals surface area contributed by atoms with Crippen molar-refractivity contribution in [3.8, 4) is 0 Å². The van der Waals surface area contributed by atoms with Crippen LogP contribution in [0.5, 0.6) is 0 Å². The normalized spacial score (nSPS) is 17.3. The van der Waals surface area contributed by atoms with Crippen molar-refractivity contribution < 1.29 is 138 Å². The van der Waals surface area contributed by atoms with Gasteiger partial charge in [0, 0.05) is 19.4 Å². The first-order valence-electron chi connectivity index (χ1n) is 11.4. The molecule has 0 aliphatic carbocycles. The van der Waals surface area contributed by atoms with Crippen molar-refractivity contribution in [1.82, 2.24) is 0 Å². The summed E-state index contributed by atoms with van der Waals surface area (Å²) >= 11 is 0. The van der Waals surface area contributed by atoms with Crippen LogP contribution in [0.4, 0.5) is 0 Å². The van der Waals surface area contributed by atoms with Gasteiger partial charge < -0.3 is 121 Å². The zero-order chi connectivity index (χ0) is 37.3. The number of aliphatic hydroxyl groups excluding tert-OH is 15. The molecule has 0 saturated heterocycles. The SMILES string of the molecule is O=C[C@H](O)[C@@H](O)[C@H](O)[C@H](O)CO.O=C[C@H](O)[C@@H](O)[C@H](O)[C@H](O)CO.O=C[C@H](O)[C@@H](O)[C@H](O)[C@H](O)CO.O=C[O-].O=C[O-].O=C[O-].[Fe+3]. The fraction of sp³-hybridized carbons (Fsp3) is 0.714. The first-order chi connectivity index (χ1) is 20.9. The van der Waals surface area contributed by atoms with E-state index in [1.54, 1.807) is 0 Å². The number of hydrogen-bond donors (Lipinski definition) is 15. The zero-order valence-corrected chi connectivity index (χ0v) is 24.4. The molecule has 25 heteroatoms. The van der Waals surface area contributed by atoms with E-state index in [1.165, 1.54) is 0 Å². The van der Waals surface area contributed by atoms with E-state index >= 15 is 0 Å². The molecule has 0 aromatic heterocycles. The maximum atomic E-state index is 9.90. The van der Waals surface area contributed by atoms with Gasteiger partial charge in [-0.3, -0.25) is 0 Å². The summed E-state index contributed by atoms with van der Waals surface area (Å²) in [4.78, 5) is 54.4. The molecule has 0 aromatic carbocycles. The minimum atomic E-state index is -1.79. The van der Waals surface area contributed by atoms with Gasteiger partial charge in [-0.05, 0) is 0 Å². The molecule has 0 saturated carbocycles. The van der Waals surface area contributed by atoms with Crippen molar-refractivity contribution in [1.29, 1.82) is 0 Å². The van der Waals surface area contributed by atoms with E-state index in [0.717, 1.165) is 0 Å². The molecule has 0 fully saturated rings. The maximum Gasteiger partial charge on any atom is 3.00 e. The fourth-order valence-corrected chi connectivity index (χ4v) is 1.85. The molecule has 0 aliphatic heterocycles. The number of carboxylic acid groups (broad SMARTS) is 3. The standard InChI is InChI=1S/3C6H12O6.3CH2O2.Fe/c3*7-1-3(9)5(11)6(12)4(10)2-8;3*2-1-3;/h3*1,3-6,8-12H,2H2;3*1H,(H,2,3);/q;;;;;;+3/p-3/t3*3-,4+,5+,6+;;;;/m000..../s1. The van der Waals surface area contributed by atoms with Gasteiger partial charge in [0.1, 0.15) is 73.2 Å². The average molecular weight is 731 g/mol. The number of hydrogen-bond acceptors (Lipinski definition) is 24. The molecule has 0 amide bonds. The second-order valence-corrected chi connectivity index (χ2v) is 7.36. The van der Waals surface area contributed by atoms with Crippen LogP contribution in [0, 0.1) is 0 Å². The predicted molar refractivity (Wildman–Crippen MR) is 130 cm³/mol. The molecule has 0 bridgehead atoms. The molecule has 0 spiro atoms. The van der Waals surface area contributed by atoms with Crippen molar-refractivity contribution in [3.63, 3.8) is 0 Å². The molecular formula is C21H39FeO24. The van der Waals surface area contributed by atoms with Crippen LogP contribution >= 0.6 is 0 Å². The van der Waals surface area contributed by atoms with Gasteiger partial charge in [-0.25, -0.2) is 0 Å². The van der Waals surface area contributed by atoms with Gasteiger partial charge in [0.2, 0.25) is 0 Å². The van der Waals surface area contributed by atoms with Crippen LogP contribution in [0.15, 0.2) is 0 Å². The average Bonchev–Trinajstić information content (AvgIpc) is 3.05. The van der Waals surface area contributed by atoms with Gasteiger partial charge in [0.05, 0.1) is 19.8 Å². The molecule has 275 valence electrons. The second-order valence-electron chi connectivity index (χ2n) is 7.36. The molecule has 46 heavy (non-hydrogen) atoms. The number of aldehydes is 3. The van der Waals surface area contributed by atoms with Crippen molar-refractivity contribution in [3.05, 3.63) is 0 Å². The van der Waals surface area contributed by atoms with Gasteiger partial charge >= 0.3 is 17.1 Å². The Morgan fingerprint density at radius 2 is 0.500 bits per heavy atom. The maximum absolute atomic E-state index is 9.90. The third-order valence-corrected chi connectivity index (χ3v) is 4.26. The predicted octanol–water partition coefficient (Wildman–Crippen LogP) is -15.0. The van der Waals surface area contributed by atoms with E-state index in [1.807, 2.05) is 0 Å². The molecule has 0 heterocycles. The summed E-state index contributed by atoms with van der Waals surface area (Å²) in [5.41, 5.74) is 0. The van der Waals surface area contributed by atoms with Gasteiger partial charge in [0.15, 0.2) is 18.9 Å². The van der Waals surface area contributed by atoms with Crippen LogP contribution in [0.1, 0.15) is 0 Å². The Balaban J connectivity index is -0.0000000866. The quantitative estimate of drug-likeness (QED) is 0.0549. The summed E-state index contributed by atoms with van der Waals surface area (Å²) in [6.07, 6.45) is -20.5. The van der Waals surface area contributed by atoms with Gasteiger partial charge in [-0.15, -0.1) is 0 Å². The first-order valence-corrected chi connectivity index (χ1v) is 11.4. The van der Waals surface area contributed by atoms with Crippen LogP contribution < -0.4 is 15.3 Å². The monoisotopic (exact) mass is 731 g/mol. The molecule has 24 nitrogen and oxygen atoms in total. The van der Waals surface area contributed by atoms with Crippen molar-refractivity contribution in [2.75, 3.05) is 19.8 Å². The molecule has 0 rings (SSSR count). The topological polar surface area (TPSA) is 475 Å². The molecule has 12 atom stereocenters. The van der Waals surface area contributed by atoms with Gasteiger partial charge in [-0.2, -0.15) is 0 Å². The second kappa shape index (κ2) is 40.4. The van der Waals surface area contributed by atoms with Gasteiger partial charge in [-0.1, -0.05) is 0 Å². The van der Waals surface area contributed by atoms with Crippen LogP contribution in [0.25, 0.3) is 0 Å². The van der Waals surface area contributed by atoms with Crippen molar-refractivity contribution >= 4 is 38.3 Å². The third-order valence-electron chi connectivity index (χ3n) is 4.26. The Hall–Kier alpha value is -2.66. The van der Waals surface area contributed by atoms with E-state index in [9.17, 15) is 14.4 Å². The molecule has 1 radical (unpaired) electrons. The minimum absolute atomic E-state index is 0. The minimum Gasteiger partial charge on any atom is -0.554 e. The summed E-state index contributed by atoms with van der Waals surface area (Å²) in [7, 11) is 0. The Labute approximate surface area is 269 Å². The van der Waals surface area contributed by atoms with Crippen LogP contribution in [0.3, 0.4) is 0 Å².